The molecule has 1 fully saturated rings. The van der Waals surface area contributed by atoms with E-state index in [0.29, 0.717) is 27.7 Å². The maximum atomic E-state index is 12.8. The number of thiazole rings is 1. The number of nitrogen functional groups attached to an aromatic ring is 1. The number of hydrogen-bond acceptors (Lipinski definition) is 10. The molecule has 4 heterocycles. The van der Waals surface area contributed by atoms with Gasteiger partial charge in [0.15, 0.2) is 10.8 Å². The first-order valence-electron chi connectivity index (χ1n) is 9.24. The number of hydrogen-bond donors (Lipinski definition) is 4. The number of anilines is 1. The fourth-order valence-corrected chi connectivity index (χ4v) is 5.77. The zero-order valence-corrected chi connectivity index (χ0v) is 19.5. The second kappa shape index (κ2) is 9.17. The van der Waals surface area contributed by atoms with E-state index in [0.717, 1.165) is 28.0 Å². The van der Waals surface area contributed by atoms with Crippen molar-refractivity contribution in [3.8, 4) is 0 Å². The molecule has 0 bridgehead atoms. The Kier molecular flexibility index (Phi) is 6.47. The van der Waals surface area contributed by atoms with E-state index < -0.39 is 35.6 Å². The first kappa shape index (κ1) is 23.3. The van der Waals surface area contributed by atoms with Crippen molar-refractivity contribution in [1.29, 1.82) is 0 Å². The molecule has 0 saturated carbocycles. The Labute approximate surface area is 204 Å². The van der Waals surface area contributed by atoms with E-state index in [-0.39, 0.29) is 20.9 Å². The maximum Gasteiger partial charge on any atom is 0.353 e. The summed E-state index contributed by atoms with van der Waals surface area (Å²) in [6.07, 6.45) is 3.76. The topological polar surface area (TPSA) is 171 Å². The van der Waals surface area contributed by atoms with Gasteiger partial charge in [0.2, 0.25) is 0 Å². The van der Waals surface area contributed by atoms with Gasteiger partial charge in [-0.05, 0) is 18.9 Å². The summed E-state index contributed by atoms with van der Waals surface area (Å²) < 4.78 is 0.0431. The lowest BCUT2D eigenvalue weighted by atomic mass is 9.86. The number of pyridine rings is 1. The molecule has 15 heteroatoms. The minimum Gasteiger partial charge on any atom is -0.477 e. The molecule has 11 nitrogen and oxygen atoms in total. The number of oxime groups is 1. The van der Waals surface area contributed by atoms with Crippen molar-refractivity contribution in [3.05, 3.63) is 44.1 Å². The number of nitrogens with zero attached hydrogens (tertiary/aromatic N) is 4. The Morgan fingerprint density at radius 2 is 2.15 bits per heavy atom. The van der Waals surface area contributed by atoms with Crippen molar-refractivity contribution < 1.29 is 24.7 Å². The molecule has 1 saturated heterocycles. The van der Waals surface area contributed by atoms with Crippen LogP contribution >= 0.6 is 46.3 Å². The van der Waals surface area contributed by atoms with Crippen LogP contribution < -0.4 is 11.1 Å². The standard InChI is InChI=1S/C18H14Cl2N6O5S2/c19-6-3-4-22-5-9(6)32-8-2-1-7-10(16(28)26(7)13(8)17(29)30)23-15(27)12(25-31)11-14(20)33-18(21)24-11/h3-5,7,10,31H,1-2H2,(H2,21,24)(H,23,27)(H,29,30)/b25-12-/t7-,10+/m1/s1. The second-order valence-corrected chi connectivity index (χ2v) is 10.1. The molecule has 2 aromatic heterocycles. The Hall–Kier alpha value is -2.87. The first-order valence-corrected chi connectivity index (χ1v) is 11.6. The molecule has 0 spiro atoms. The molecule has 172 valence electrons. The molecule has 2 atom stereocenters. The zero-order valence-electron chi connectivity index (χ0n) is 16.4. The molecule has 33 heavy (non-hydrogen) atoms. The highest BCUT2D eigenvalue weighted by Crippen LogP contribution is 2.44. The van der Waals surface area contributed by atoms with Gasteiger partial charge >= 0.3 is 5.97 Å². The lowest BCUT2D eigenvalue weighted by Crippen LogP contribution is -2.72. The number of aliphatic carboxylic acids is 1. The van der Waals surface area contributed by atoms with Crippen molar-refractivity contribution in [1.82, 2.24) is 20.2 Å². The van der Waals surface area contributed by atoms with Crippen LogP contribution in [0.4, 0.5) is 5.13 Å². The number of carboxylic acid groups (broad SMARTS) is 1. The number of carbonyl (C=O) groups is 3. The van der Waals surface area contributed by atoms with E-state index in [9.17, 15) is 24.7 Å². The largest absolute Gasteiger partial charge is 0.477 e. The fraction of sp³-hybridized carbons (Fsp3) is 0.222. The van der Waals surface area contributed by atoms with Crippen LogP contribution in [-0.4, -0.2) is 60.8 Å². The Bertz CT molecular complexity index is 1230. The number of fused-ring (bicyclic) bond motifs is 1. The summed E-state index contributed by atoms with van der Waals surface area (Å²) in [6.45, 7) is 0. The smallest absolute Gasteiger partial charge is 0.353 e. The van der Waals surface area contributed by atoms with Crippen molar-refractivity contribution >= 4 is 74.9 Å². The van der Waals surface area contributed by atoms with Crippen LogP contribution in [-0.2, 0) is 14.4 Å². The van der Waals surface area contributed by atoms with E-state index in [1.807, 2.05) is 0 Å². The maximum absolute atomic E-state index is 12.8. The number of rotatable bonds is 6. The number of carbonyl (C=O) groups excluding carboxylic acids is 2. The third kappa shape index (κ3) is 4.24. The van der Waals surface area contributed by atoms with Gasteiger partial charge in [0.05, 0.1) is 11.1 Å². The predicted octanol–water partition coefficient (Wildman–Crippen LogP) is 2.18. The van der Waals surface area contributed by atoms with Gasteiger partial charge in [0.25, 0.3) is 11.8 Å². The van der Waals surface area contributed by atoms with Gasteiger partial charge in [-0.25, -0.2) is 9.78 Å². The minimum absolute atomic E-state index is 0.0431. The Balaban J connectivity index is 1.55. The van der Waals surface area contributed by atoms with Gasteiger partial charge in [-0.15, -0.1) is 0 Å². The minimum atomic E-state index is -1.28. The van der Waals surface area contributed by atoms with Crippen LogP contribution in [0.3, 0.4) is 0 Å². The number of nitrogens with two attached hydrogens (primary N) is 1. The van der Waals surface area contributed by atoms with E-state index in [2.05, 4.69) is 20.4 Å². The predicted molar refractivity (Wildman–Crippen MR) is 121 cm³/mol. The lowest BCUT2D eigenvalue weighted by Gasteiger charge is -2.50. The summed E-state index contributed by atoms with van der Waals surface area (Å²) in [7, 11) is 0. The fourth-order valence-electron chi connectivity index (χ4n) is 3.57. The van der Waals surface area contributed by atoms with Crippen LogP contribution in [0, 0.1) is 0 Å². The highest BCUT2D eigenvalue weighted by atomic mass is 35.5. The van der Waals surface area contributed by atoms with Crippen molar-refractivity contribution in [2.24, 2.45) is 5.16 Å². The van der Waals surface area contributed by atoms with Crippen molar-refractivity contribution in [2.75, 3.05) is 5.73 Å². The van der Waals surface area contributed by atoms with E-state index >= 15 is 0 Å². The summed E-state index contributed by atoms with van der Waals surface area (Å²) in [5.41, 5.74) is 4.76. The number of carboxylic acids is 1. The average molecular weight is 529 g/mol. The quantitative estimate of drug-likeness (QED) is 0.189. The molecule has 2 aliphatic rings. The number of halogens is 2. The van der Waals surface area contributed by atoms with Gasteiger partial charge in [0, 0.05) is 22.2 Å². The van der Waals surface area contributed by atoms with Gasteiger partial charge in [-0.3, -0.25) is 19.5 Å². The molecular formula is C18H14Cl2N6O5S2. The van der Waals surface area contributed by atoms with Gasteiger partial charge in [0.1, 0.15) is 21.8 Å². The van der Waals surface area contributed by atoms with Crippen LogP contribution in [0.5, 0.6) is 0 Å². The molecule has 0 aromatic carbocycles. The van der Waals surface area contributed by atoms with Crippen LogP contribution in [0.2, 0.25) is 9.36 Å². The summed E-state index contributed by atoms with van der Waals surface area (Å²) in [5, 5.41) is 25.0. The second-order valence-electron chi connectivity index (χ2n) is 6.87. The number of thioether (sulfide) groups is 1. The average Bonchev–Trinajstić information content (AvgIpc) is 3.11. The van der Waals surface area contributed by atoms with E-state index in [1.54, 1.807) is 6.07 Å². The zero-order chi connectivity index (χ0) is 23.9. The molecule has 0 unspecified atom stereocenters. The van der Waals surface area contributed by atoms with Crippen LogP contribution in [0.25, 0.3) is 0 Å². The Morgan fingerprint density at radius 1 is 1.39 bits per heavy atom. The van der Waals surface area contributed by atoms with E-state index in [4.69, 9.17) is 28.9 Å². The number of aromatic nitrogens is 2. The third-order valence-electron chi connectivity index (χ3n) is 4.99. The number of allylic oxidation sites excluding steroid dienone is 1. The van der Waals surface area contributed by atoms with Gasteiger partial charge in [-0.2, -0.15) is 0 Å². The summed E-state index contributed by atoms with van der Waals surface area (Å²) >= 11 is 14.2. The highest BCUT2D eigenvalue weighted by Gasteiger charge is 2.54. The normalized spacial score (nSPS) is 20.4. The summed E-state index contributed by atoms with van der Waals surface area (Å²) in [4.78, 5) is 47.5. The molecule has 5 N–H and O–H groups in total. The number of amides is 2. The summed E-state index contributed by atoms with van der Waals surface area (Å²) in [6, 6.07) is -0.0107. The SMILES string of the molecule is Nc1nc(/C(=N/O)C(=O)N[C@@H]2C(=O)N3C(C(=O)O)=C(Sc4cnccc4Cl)CC[C@H]23)c(Cl)s1. The van der Waals surface area contributed by atoms with Crippen LogP contribution in [0.1, 0.15) is 18.5 Å². The van der Waals surface area contributed by atoms with E-state index in [1.165, 1.54) is 12.4 Å². The van der Waals surface area contributed by atoms with Crippen molar-refractivity contribution in [3.63, 3.8) is 0 Å². The third-order valence-corrected chi connectivity index (χ3v) is 7.70. The molecular weight excluding hydrogens is 515 g/mol. The number of nitrogens with one attached hydrogen (secondary N) is 1. The lowest BCUT2D eigenvalue weighted by molar-refractivity contribution is -0.155. The monoisotopic (exact) mass is 528 g/mol. The molecule has 2 aromatic rings. The van der Waals surface area contributed by atoms with Crippen molar-refractivity contribution in [2.45, 2.75) is 29.8 Å². The molecule has 4 rings (SSSR count). The van der Waals surface area contributed by atoms with Gasteiger partial charge in [-0.1, -0.05) is 51.5 Å². The Morgan fingerprint density at radius 3 is 2.76 bits per heavy atom. The summed E-state index contributed by atoms with van der Waals surface area (Å²) in [5.74, 6) is -2.78. The molecule has 0 radical (unpaired) electrons. The molecule has 0 aliphatic carbocycles. The molecule has 2 aliphatic heterocycles. The number of β-lactam (4-membered cyclic amide) rings is 1. The highest BCUT2D eigenvalue weighted by molar-refractivity contribution is 8.03. The van der Waals surface area contributed by atoms with Crippen LogP contribution in [0.15, 0.2) is 39.1 Å². The van der Waals surface area contributed by atoms with Gasteiger partial charge < -0.3 is 21.4 Å². The first-order chi connectivity index (χ1) is 15.7. The molecule has 2 amide bonds.